The quantitative estimate of drug-likeness (QED) is 0.778. The average molecular weight is 368 g/mol. The van der Waals surface area contributed by atoms with Crippen LogP contribution in [0.4, 0.5) is 8.78 Å². The highest BCUT2D eigenvalue weighted by Gasteiger charge is 2.29. The zero-order valence-corrected chi connectivity index (χ0v) is 14.6. The maximum absolute atomic E-state index is 13.5. The van der Waals surface area contributed by atoms with E-state index in [1.54, 1.807) is 11.8 Å². The molecule has 1 aromatic rings. The molecule has 1 aromatic carbocycles. The van der Waals surface area contributed by atoms with Crippen molar-refractivity contribution in [3.05, 3.63) is 35.4 Å². The van der Waals surface area contributed by atoms with Gasteiger partial charge in [-0.15, -0.1) is 0 Å². The molecule has 0 unspecified atom stereocenters. The van der Waals surface area contributed by atoms with Gasteiger partial charge in [-0.05, 0) is 31.9 Å². The van der Waals surface area contributed by atoms with Crippen LogP contribution >= 0.6 is 0 Å². The van der Waals surface area contributed by atoms with Crippen LogP contribution in [0.1, 0.15) is 36.5 Å². The first-order chi connectivity index (χ1) is 12.4. The van der Waals surface area contributed by atoms with Crippen molar-refractivity contribution < 1.29 is 27.9 Å². The van der Waals surface area contributed by atoms with Gasteiger partial charge in [0.05, 0.1) is 18.1 Å². The Morgan fingerprint density at radius 3 is 2.77 bits per heavy atom. The second-order valence-corrected chi connectivity index (χ2v) is 6.06. The number of carbonyl (C=O) groups excluding carboxylic acids is 3. The number of nitrogens with one attached hydrogen (secondary N) is 1. The average Bonchev–Trinajstić information content (AvgIpc) is 2.61. The molecule has 26 heavy (non-hydrogen) atoms. The Morgan fingerprint density at radius 2 is 2.08 bits per heavy atom. The predicted molar refractivity (Wildman–Crippen MR) is 89.2 cm³/mol. The lowest BCUT2D eigenvalue weighted by atomic mass is 9.98. The van der Waals surface area contributed by atoms with Crippen molar-refractivity contribution in [1.82, 2.24) is 10.2 Å². The third-order valence-electron chi connectivity index (χ3n) is 4.19. The Labute approximate surface area is 150 Å². The topological polar surface area (TPSA) is 75.7 Å². The summed E-state index contributed by atoms with van der Waals surface area (Å²) < 4.78 is 31.4. The summed E-state index contributed by atoms with van der Waals surface area (Å²) in [5.41, 5.74) is -0.279. The van der Waals surface area contributed by atoms with Crippen molar-refractivity contribution in [3.8, 4) is 0 Å². The van der Waals surface area contributed by atoms with Gasteiger partial charge in [-0.3, -0.25) is 14.4 Å². The fourth-order valence-corrected chi connectivity index (χ4v) is 2.87. The van der Waals surface area contributed by atoms with Crippen molar-refractivity contribution in [2.45, 2.75) is 26.2 Å². The zero-order chi connectivity index (χ0) is 19.1. The van der Waals surface area contributed by atoms with Crippen molar-refractivity contribution >= 4 is 17.8 Å². The Bertz CT molecular complexity index is 681. The Balaban J connectivity index is 1.81. The second-order valence-electron chi connectivity index (χ2n) is 6.06. The number of hydrogen-bond donors (Lipinski definition) is 1. The normalized spacial score (nSPS) is 16.9. The minimum atomic E-state index is -0.956. The van der Waals surface area contributed by atoms with Crippen LogP contribution < -0.4 is 5.32 Å². The molecule has 1 aliphatic rings. The van der Waals surface area contributed by atoms with E-state index in [9.17, 15) is 23.2 Å². The molecule has 1 fully saturated rings. The first-order valence-corrected chi connectivity index (χ1v) is 8.60. The molecule has 2 amide bonds. The Morgan fingerprint density at radius 1 is 1.31 bits per heavy atom. The molecule has 1 N–H and O–H groups in total. The van der Waals surface area contributed by atoms with Gasteiger partial charge in [0.15, 0.2) is 0 Å². The summed E-state index contributed by atoms with van der Waals surface area (Å²) in [6.45, 7) is 2.91. The van der Waals surface area contributed by atoms with Gasteiger partial charge in [0, 0.05) is 32.1 Å². The van der Waals surface area contributed by atoms with Crippen LogP contribution in [0.2, 0.25) is 0 Å². The summed E-state index contributed by atoms with van der Waals surface area (Å²) >= 11 is 0. The largest absolute Gasteiger partial charge is 0.466 e. The summed E-state index contributed by atoms with van der Waals surface area (Å²) in [4.78, 5) is 37.5. The number of carbonyl (C=O) groups is 3. The molecule has 0 saturated carbocycles. The maximum Gasteiger partial charge on any atom is 0.310 e. The van der Waals surface area contributed by atoms with Gasteiger partial charge >= 0.3 is 5.97 Å². The Hall–Kier alpha value is -2.51. The van der Waals surface area contributed by atoms with Crippen LogP contribution in [0.15, 0.2) is 18.2 Å². The van der Waals surface area contributed by atoms with Crippen LogP contribution in [-0.4, -0.2) is 48.9 Å². The molecule has 0 spiro atoms. The maximum atomic E-state index is 13.5. The number of likely N-dealkylation sites (tertiary alicyclic amines) is 1. The molecule has 0 aliphatic carbocycles. The molecule has 0 bridgehead atoms. The van der Waals surface area contributed by atoms with Gasteiger partial charge in [-0.2, -0.15) is 0 Å². The molecular formula is C18H22F2N2O4. The summed E-state index contributed by atoms with van der Waals surface area (Å²) in [5, 5.41) is 2.44. The van der Waals surface area contributed by atoms with E-state index in [-0.39, 0.29) is 36.3 Å². The van der Waals surface area contributed by atoms with E-state index < -0.39 is 17.5 Å². The minimum absolute atomic E-state index is 0.0229. The highest BCUT2D eigenvalue weighted by Crippen LogP contribution is 2.18. The van der Waals surface area contributed by atoms with Crippen LogP contribution in [0, 0.1) is 17.6 Å². The fourth-order valence-electron chi connectivity index (χ4n) is 2.87. The number of piperidine rings is 1. The summed E-state index contributed by atoms with van der Waals surface area (Å²) in [6.07, 6.45) is 1.43. The van der Waals surface area contributed by atoms with Crippen molar-refractivity contribution in [2.24, 2.45) is 5.92 Å². The zero-order valence-electron chi connectivity index (χ0n) is 14.6. The number of halogens is 2. The highest BCUT2D eigenvalue weighted by atomic mass is 19.1. The monoisotopic (exact) mass is 368 g/mol. The lowest BCUT2D eigenvalue weighted by Crippen LogP contribution is -2.43. The van der Waals surface area contributed by atoms with Crippen LogP contribution in [-0.2, 0) is 14.3 Å². The number of ether oxygens (including phenoxy) is 1. The number of nitrogens with zero attached hydrogens (tertiary/aromatic N) is 1. The lowest BCUT2D eigenvalue weighted by molar-refractivity contribution is -0.151. The van der Waals surface area contributed by atoms with Crippen LogP contribution in [0.5, 0.6) is 0 Å². The molecule has 1 atom stereocenters. The number of amides is 2. The number of rotatable bonds is 6. The Kier molecular flexibility index (Phi) is 7.06. The molecular weight excluding hydrogens is 346 g/mol. The van der Waals surface area contributed by atoms with E-state index in [0.717, 1.165) is 12.1 Å². The van der Waals surface area contributed by atoms with Crippen molar-refractivity contribution in [3.63, 3.8) is 0 Å². The SMILES string of the molecule is CCOC(=O)[C@@H]1CCCN(C(=O)CCNC(=O)c2ccc(F)cc2F)C1. The molecule has 0 radical (unpaired) electrons. The van der Waals surface area contributed by atoms with Gasteiger partial charge in [0.1, 0.15) is 11.6 Å². The molecule has 2 rings (SSSR count). The predicted octanol–water partition coefficient (Wildman–Crippen LogP) is 1.89. The van der Waals surface area contributed by atoms with Crippen molar-refractivity contribution in [1.29, 1.82) is 0 Å². The molecule has 1 saturated heterocycles. The van der Waals surface area contributed by atoms with Gasteiger partial charge in [-0.25, -0.2) is 8.78 Å². The van der Waals surface area contributed by atoms with Crippen LogP contribution in [0.3, 0.4) is 0 Å². The van der Waals surface area contributed by atoms with Gasteiger partial charge < -0.3 is 15.0 Å². The van der Waals surface area contributed by atoms with Gasteiger partial charge in [0.25, 0.3) is 5.91 Å². The lowest BCUT2D eigenvalue weighted by Gasteiger charge is -2.31. The van der Waals surface area contributed by atoms with Crippen LogP contribution in [0.25, 0.3) is 0 Å². The van der Waals surface area contributed by atoms with E-state index in [1.807, 2.05) is 0 Å². The van der Waals surface area contributed by atoms with Crippen molar-refractivity contribution in [2.75, 3.05) is 26.2 Å². The third kappa shape index (κ3) is 5.24. The van der Waals surface area contributed by atoms with E-state index in [1.165, 1.54) is 0 Å². The van der Waals surface area contributed by atoms with E-state index in [4.69, 9.17) is 4.74 Å². The number of esters is 1. The second kappa shape index (κ2) is 9.26. The van der Waals surface area contributed by atoms with Gasteiger partial charge in [-0.1, -0.05) is 0 Å². The van der Waals surface area contributed by atoms with Gasteiger partial charge in [0.2, 0.25) is 5.91 Å². The molecule has 1 heterocycles. The molecule has 1 aliphatic heterocycles. The first-order valence-electron chi connectivity index (χ1n) is 8.60. The summed E-state index contributed by atoms with van der Waals surface area (Å²) in [7, 11) is 0. The molecule has 0 aromatic heterocycles. The molecule has 8 heteroatoms. The summed E-state index contributed by atoms with van der Waals surface area (Å²) in [5.74, 6) is -3.25. The van der Waals surface area contributed by atoms with E-state index in [2.05, 4.69) is 5.32 Å². The number of benzene rings is 1. The smallest absolute Gasteiger partial charge is 0.310 e. The third-order valence-corrected chi connectivity index (χ3v) is 4.19. The first kappa shape index (κ1) is 19.8. The highest BCUT2D eigenvalue weighted by molar-refractivity contribution is 5.94. The van der Waals surface area contributed by atoms with E-state index >= 15 is 0 Å². The fraction of sp³-hybridized carbons (Fsp3) is 0.500. The van der Waals surface area contributed by atoms with E-state index in [0.29, 0.717) is 38.6 Å². The standard InChI is InChI=1S/C18H22F2N2O4/c1-2-26-18(25)12-4-3-9-22(11-12)16(23)7-8-21-17(24)14-6-5-13(19)10-15(14)20/h5-6,10,12H,2-4,7-9,11H2,1H3,(H,21,24)/t12-/m1/s1. The molecule has 142 valence electrons. The number of hydrogen-bond acceptors (Lipinski definition) is 4. The summed E-state index contributed by atoms with van der Waals surface area (Å²) in [6, 6.07) is 2.67. The molecule has 6 nitrogen and oxygen atoms in total. The minimum Gasteiger partial charge on any atom is -0.466 e.